The van der Waals surface area contributed by atoms with E-state index in [0.717, 1.165) is 10.0 Å². The molecule has 2 aromatic carbocycles. The van der Waals surface area contributed by atoms with Crippen molar-refractivity contribution in [1.29, 1.82) is 0 Å². The van der Waals surface area contributed by atoms with Crippen LogP contribution in [-0.2, 0) is 6.54 Å². The topological polar surface area (TPSA) is 21.3 Å². The molecule has 0 heterocycles. The van der Waals surface area contributed by atoms with Crippen molar-refractivity contribution in [3.8, 4) is 11.5 Å². The van der Waals surface area contributed by atoms with Crippen molar-refractivity contribution < 1.29 is 13.5 Å². The Labute approximate surface area is 124 Å². The minimum absolute atomic E-state index is 0.383. The molecule has 20 heavy (non-hydrogen) atoms. The molecular formula is C15H14BrF2NO. The first-order chi connectivity index (χ1) is 9.51. The molecule has 2 rings (SSSR count). The third-order valence-corrected chi connectivity index (χ3v) is 3.68. The Bertz CT molecular complexity index is 608. The Balaban J connectivity index is 2.31. The summed E-state index contributed by atoms with van der Waals surface area (Å²) in [7, 11) is 1.71. The molecule has 2 nitrogen and oxygen atoms in total. The van der Waals surface area contributed by atoms with Crippen LogP contribution in [0.3, 0.4) is 0 Å². The van der Waals surface area contributed by atoms with Gasteiger partial charge in [0, 0.05) is 11.0 Å². The summed E-state index contributed by atoms with van der Waals surface area (Å²) in [6, 6.07) is 7.67. The molecule has 0 aliphatic heterocycles. The predicted molar refractivity (Wildman–Crippen MR) is 78.1 cm³/mol. The second kappa shape index (κ2) is 6.33. The van der Waals surface area contributed by atoms with Crippen molar-refractivity contribution in [2.45, 2.75) is 13.5 Å². The molecule has 0 aromatic heterocycles. The quantitative estimate of drug-likeness (QED) is 0.880. The molecule has 0 unspecified atom stereocenters. The summed E-state index contributed by atoms with van der Waals surface area (Å²) < 4.78 is 34.0. The van der Waals surface area contributed by atoms with Crippen molar-refractivity contribution >= 4 is 15.9 Å². The van der Waals surface area contributed by atoms with Crippen LogP contribution in [-0.4, -0.2) is 7.05 Å². The SMILES string of the molecule is CNCc1cc(F)c(Oc2ccc(Br)c(C)c2)c(F)c1. The van der Waals surface area contributed by atoms with Gasteiger partial charge in [0.2, 0.25) is 0 Å². The number of aryl methyl sites for hydroxylation is 1. The molecule has 0 atom stereocenters. The second-order valence-electron chi connectivity index (χ2n) is 4.43. The van der Waals surface area contributed by atoms with E-state index < -0.39 is 11.6 Å². The van der Waals surface area contributed by atoms with Crippen molar-refractivity contribution in [2.24, 2.45) is 0 Å². The molecule has 0 saturated heterocycles. The van der Waals surface area contributed by atoms with Crippen LogP contribution in [0.1, 0.15) is 11.1 Å². The number of nitrogens with one attached hydrogen (secondary N) is 1. The van der Waals surface area contributed by atoms with Crippen LogP contribution in [0, 0.1) is 18.6 Å². The van der Waals surface area contributed by atoms with E-state index in [9.17, 15) is 8.78 Å². The highest BCUT2D eigenvalue weighted by Crippen LogP contribution is 2.30. The first-order valence-electron chi connectivity index (χ1n) is 6.08. The number of rotatable bonds is 4. The van der Waals surface area contributed by atoms with Gasteiger partial charge in [-0.15, -0.1) is 0 Å². The van der Waals surface area contributed by atoms with Gasteiger partial charge in [0.25, 0.3) is 0 Å². The molecule has 0 saturated carbocycles. The van der Waals surface area contributed by atoms with E-state index in [1.165, 1.54) is 12.1 Å². The highest BCUT2D eigenvalue weighted by atomic mass is 79.9. The van der Waals surface area contributed by atoms with E-state index in [1.54, 1.807) is 25.2 Å². The summed E-state index contributed by atoms with van der Waals surface area (Å²) in [5.74, 6) is -1.41. The van der Waals surface area contributed by atoms with E-state index in [2.05, 4.69) is 21.2 Å². The summed E-state index contributed by atoms with van der Waals surface area (Å²) in [5.41, 5.74) is 1.46. The first kappa shape index (κ1) is 14.9. The van der Waals surface area contributed by atoms with E-state index in [-0.39, 0.29) is 5.75 Å². The van der Waals surface area contributed by atoms with Crippen LogP contribution >= 0.6 is 15.9 Å². The Kier molecular flexibility index (Phi) is 4.73. The van der Waals surface area contributed by atoms with Crippen LogP contribution in [0.5, 0.6) is 11.5 Å². The van der Waals surface area contributed by atoms with Gasteiger partial charge in [0.05, 0.1) is 0 Å². The molecule has 2 aromatic rings. The molecule has 0 aliphatic carbocycles. The van der Waals surface area contributed by atoms with Crippen LogP contribution in [0.4, 0.5) is 8.78 Å². The fourth-order valence-electron chi connectivity index (χ4n) is 1.81. The zero-order valence-electron chi connectivity index (χ0n) is 11.1. The van der Waals surface area contributed by atoms with Crippen LogP contribution in [0.25, 0.3) is 0 Å². The Morgan fingerprint density at radius 3 is 2.35 bits per heavy atom. The molecule has 106 valence electrons. The van der Waals surface area contributed by atoms with Gasteiger partial charge in [-0.3, -0.25) is 0 Å². The zero-order valence-corrected chi connectivity index (χ0v) is 12.7. The zero-order chi connectivity index (χ0) is 14.7. The molecule has 0 spiro atoms. The largest absolute Gasteiger partial charge is 0.451 e. The Morgan fingerprint density at radius 2 is 1.80 bits per heavy atom. The highest BCUT2D eigenvalue weighted by molar-refractivity contribution is 9.10. The molecule has 5 heteroatoms. The Morgan fingerprint density at radius 1 is 1.15 bits per heavy atom. The fraction of sp³-hybridized carbons (Fsp3) is 0.200. The van der Waals surface area contributed by atoms with E-state index in [0.29, 0.717) is 17.9 Å². The monoisotopic (exact) mass is 341 g/mol. The Hall–Kier alpha value is -1.46. The van der Waals surface area contributed by atoms with Crippen molar-refractivity contribution in [3.05, 3.63) is 57.6 Å². The third kappa shape index (κ3) is 3.35. The minimum Gasteiger partial charge on any atom is -0.451 e. The van der Waals surface area contributed by atoms with Crippen LogP contribution in [0.2, 0.25) is 0 Å². The second-order valence-corrected chi connectivity index (χ2v) is 5.29. The smallest absolute Gasteiger partial charge is 0.198 e. The lowest BCUT2D eigenvalue weighted by molar-refractivity contribution is 0.406. The maximum Gasteiger partial charge on any atom is 0.198 e. The van der Waals surface area contributed by atoms with Gasteiger partial charge in [0.1, 0.15) is 5.75 Å². The van der Waals surface area contributed by atoms with Gasteiger partial charge in [-0.1, -0.05) is 15.9 Å². The molecule has 0 fully saturated rings. The van der Waals surface area contributed by atoms with E-state index in [4.69, 9.17) is 4.74 Å². The number of halogens is 3. The highest BCUT2D eigenvalue weighted by Gasteiger charge is 2.14. The number of benzene rings is 2. The maximum atomic E-state index is 13.9. The average molecular weight is 342 g/mol. The summed E-state index contributed by atoms with van der Waals surface area (Å²) in [5, 5.41) is 2.84. The molecule has 0 bridgehead atoms. The minimum atomic E-state index is -0.712. The lowest BCUT2D eigenvalue weighted by Gasteiger charge is -2.11. The van der Waals surface area contributed by atoms with Gasteiger partial charge in [-0.2, -0.15) is 0 Å². The summed E-state index contributed by atoms with van der Waals surface area (Å²) in [6.07, 6.45) is 0. The van der Waals surface area contributed by atoms with Crippen molar-refractivity contribution in [3.63, 3.8) is 0 Å². The van der Waals surface area contributed by atoms with Gasteiger partial charge < -0.3 is 10.1 Å². The summed E-state index contributed by atoms with van der Waals surface area (Å²) >= 11 is 3.36. The molecule has 0 amide bonds. The third-order valence-electron chi connectivity index (χ3n) is 2.79. The lowest BCUT2D eigenvalue weighted by Crippen LogP contribution is -2.06. The molecular weight excluding hydrogens is 328 g/mol. The fourth-order valence-corrected chi connectivity index (χ4v) is 2.06. The normalized spacial score (nSPS) is 10.7. The molecule has 1 N–H and O–H groups in total. The van der Waals surface area contributed by atoms with Gasteiger partial charge >= 0.3 is 0 Å². The van der Waals surface area contributed by atoms with Gasteiger partial charge in [-0.25, -0.2) is 8.78 Å². The lowest BCUT2D eigenvalue weighted by atomic mass is 10.2. The predicted octanol–water partition coefficient (Wildman–Crippen LogP) is 4.55. The van der Waals surface area contributed by atoms with E-state index >= 15 is 0 Å². The number of ether oxygens (including phenoxy) is 1. The van der Waals surface area contributed by atoms with Gasteiger partial charge in [0.15, 0.2) is 17.4 Å². The maximum absolute atomic E-state index is 13.9. The standard InChI is InChI=1S/C15H14BrF2NO/c1-9-5-11(3-4-12(9)16)20-15-13(17)6-10(8-19-2)7-14(15)18/h3-7,19H,8H2,1-2H3. The number of hydrogen-bond acceptors (Lipinski definition) is 2. The summed E-state index contributed by atoms with van der Waals surface area (Å²) in [4.78, 5) is 0. The van der Waals surface area contributed by atoms with E-state index in [1.807, 2.05) is 6.92 Å². The first-order valence-corrected chi connectivity index (χ1v) is 6.87. The van der Waals surface area contributed by atoms with Crippen molar-refractivity contribution in [2.75, 3.05) is 7.05 Å². The average Bonchev–Trinajstić information content (AvgIpc) is 2.38. The number of hydrogen-bond donors (Lipinski definition) is 1. The van der Waals surface area contributed by atoms with Gasteiger partial charge in [-0.05, 0) is 55.4 Å². The molecule has 0 radical (unpaired) electrons. The molecule has 0 aliphatic rings. The summed E-state index contributed by atoms with van der Waals surface area (Å²) in [6.45, 7) is 2.27. The van der Waals surface area contributed by atoms with Crippen LogP contribution < -0.4 is 10.1 Å². The van der Waals surface area contributed by atoms with Crippen molar-refractivity contribution in [1.82, 2.24) is 5.32 Å². The van der Waals surface area contributed by atoms with Crippen LogP contribution in [0.15, 0.2) is 34.8 Å².